The predicted molar refractivity (Wildman–Crippen MR) is 110 cm³/mol. The van der Waals surface area contributed by atoms with Crippen molar-refractivity contribution in [2.24, 2.45) is 0 Å². The van der Waals surface area contributed by atoms with Crippen molar-refractivity contribution in [2.45, 2.75) is 6.54 Å². The Morgan fingerprint density at radius 3 is 2.64 bits per heavy atom. The Morgan fingerprint density at radius 1 is 1.11 bits per heavy atom. The van der Waals surface area contributed by atoms with E-state index in [1.165, 1.54) is 0 Å². The van der Waals surface area contributed by atoms with Crippen molar-refractivity contribution in [3.8, 4) is 11.4 Å². The molecule has 0 spiro atoms. The van der Waals surface area contributed by atoms with E-state index >= 15 is 0 Å². The van der Waals surface area contributed by atoms with E-state index in [0.29, 0.717) is 41.9 Å². The highest BCUT2D eigenvalue weighted by Gasteiger charge is 2.24. The summed E-state index contributed by atoms with van der Waals surface area (Å²) < 4.78 is 6.37. The van der Waals surface area contributed by atoms with Gasteiger partial charge in [-0.15, -0.1) is 0 Å². The first-order valence-electron chi connectivity index (χ1n) is 8.95. The van der Waals surface area contributed by atoms with Gasteiger partial charge in [0.25, 0.3) is 5.91 Å². The van der Waals surface area contributed by atoms with Gasteiger partial charge in [-0.25, -0.2) is 0 Å². The van der Waals surface area contributed by atoms with E-state index in [1.54, 1.807) is 12.1 Å². The number of aromatic nitrogens is 2. The lowest BCUT2D eigenvalue weighted by Gasteiger charge is -2.34. The van der Waals surface area contributed by atoms with Crippen molar-refractivity contribution in [3.63, 3.8) is 0 Å². The van der Waals surface area contributed by atoms with Gasteiger partial charge < -0.3 is 9.42 Å². The van der Waals surface area contributed by atoms with E-state index in [9.17, 15) is 4.79 Å². The van der Waals surface area contributed by atoms with Crippen LogP contribution in [0.15, 0.2) is 57.5 Å². The number of piperazine rings is 1. The van der Waals surface area contributed by atoms with E-state index in [-0.39, 0.29) is 5.91 Å². The SMILES string of the molecule is O=C(c1ccccc1Cl)N1CCN(Cc2nc(-c3cccc(Br)c3)no2)CC1. The number of benzene rings is 2. The van der Waals surface area contributed by atoms with Crippen LogP contribution in [0.1, 0.15) is 16.2 Å². The van der Waals surface area contributed by atoms with Crippen molar-refractivity contribution in [1.82, 2.24) is 19.9 Å². The zero-order valence-corrected chi connectivity index (χ0v) is 17.4. The van der Waals surface area contributed by atoms with Crippen molar-refractivity contribution in [3.05, 3.63) is 69.5 Å². The summed E-state index contributed by atoms with van der Waals surface area (Å²) in [5, 5.41) is 4.56. The van der Waals surface area contributed by atoms with E-state index in [0.717, 1.165) is 23.1 Å². The number of hydrogen-bond acceptors (Lipinski definition) is 5. The highest BCUT2D eigenvalue weighted by molar-refractivity contribution is 9.10. The van der Waals surface area contributed by atoms with Crippen LogP contribution in [-0.4, -0.2) is 52.0 Å². The van der Waals surface area contributed by atoms with Gasteiger partial charge >= 0.3 is 0 Å². The van der Waals surface area contributed by atoms with Crippen LogP contribution < -0.4 is 0 Å². The summed E-state index contributed by atoms with van der Waals surface area (Å²) in [5.41, 5.74) is 1.45. The molecule has 0 unspecified atom stereocenters. The monoisotopic (exact) mass is 460 g/mol. The van der Waals surface area contributed by atoms with Gasteiger partial charge in [0.15, 0.2) is 0 Å². The first-order valence-corrected chi connectivity index (χ1v) is 10.1. The Hall–Kier alpha value is -2.22. The molecule has 1 aromatic heterocycles. The fourth-order valence-corrected chi connectivity index (χ4v) is 3.79. The average molecular weight is 462 g/mol. The maximum atomic E-state index is 12.7. The smallest absolute Gasteiger partial charge is 0.255 e. The third kappa shape index (κ3) is 4.27. The molecule has 4 rings (SSSR count). The molecule has 0 atom stereocenters. The number of nitrogens with zero attached hydrogens (tertiary/aromatic N) is 4. The van der Waals surface area contributed by atoms with Gasteiger partial charge in [-0.05, 0) is 24.3 Å². The topological polar surface area (TPSA) is 62.5 Å². The molecule has 0 bridgehead atoms. The second kappa shape index (κ2) is 8.43. The van der Waals surface area contributed by atoms with Crippen LogP contribution in [0.2, 0.25) is 5.02 Å². The zero-order chi connectivity index (χ0) is 19.5. The summed E-state index contributed by atoms with van der Waals surface area (Å²) in [4.78, 5) is 21.2. The number of halogens is 2. The molecular weight excluding hydrogens is 444 g/mol. The lowest BCUT2D eigenvalue weighted by atomic mass is 10.2. The lowest BCUT2D eigenvalue weighted by Crippen LogP contribution is -2.48. The lowest BCUT2D eigenvalue weighted by molar-refractivity contribution is 0.0615. The molecule has 28 heavy (non-hydrogen) atoms. The Kier molecular flexibility index (Phi) is 5.75. The fraction of sp³-hybridized carbons (Fsp3) is 0.250. The van der Waals surface area contributed by atoms with Crippen LogP contribution in [0.4, 0.5) is 0 Å². The molecule has 0 radical (unpaired) electrons. The van der Waals surface area contributed by atoms with Crippen LogP contribution >= 0.6 is 27.5 Å². The number of carbonyl (C=O) groups excluding carboxylic acids is 1. The Morgan fingerprint density at radius 2 is 1.89 bits per heavy atom. The minimum absolute atomic E-state index is 0.0278. The highest BCUT2D eigenvalue weighted by atomic mass is 79.9. The number of carbonyl (C=O) groups is 1. The predicted octanol–water partition coefficient (Wildman–Crippen LogP) is 4.11. The second-order valence-corrected chi connectivity index (χ2v) is 7.89. The van der Waals surface area contributed by atoms with E-state index in [4.69, 9.17) is 16.1 Å². The number of hydrogen-bond donors (Lipinski definition) is 0. The van der Waals surface area contributed by atoms with E-state index in [1.807, 2.05) is 41.3 Å². The molecule has 2 heterocycles. The standard InChI is InChI=1S/C20H18BrClN4O2/c21-15-5-3-4-14(12-15)19-23-18(28-24-19)13-25-8-10-26(11-9-25)20(27)16-6-1-2-7-17(16)22/h1-7,12H,8-11,13H2. The third-order valence-electron chi connectivity index (χ3n) is 4.67. The minimum atomic E-state index is -0.0278. The molecule has 3 aromatic rings. The maximum absolute atomic E-state index is 12.7. The molecule has 1 amide bonds. The average Bonchev–Trinajstić information content (AvgIpc) is 3.17. The summed E-state index contributed by atoms with van der Waals surface area (Å²) in [6, 6.07) is 14.9. The molecule has 2 aromatic carbocycles. The quantitative estimate of drug-likeness (QED) is 0.585. The first kappa shape index (κ1) is 19.1. The summed E-state index contributed by atoms with van der Waals surface area (Å²) in [6.45, 7) is 3.32. The van der Waals surface area contributed by atoms with Crippen molar-refractivity contribution >= 4 is 33.4 Å². The summed E-state index contributed by atoms with van der Waals surface area (Å²) in [7, 11) is 0. The molecule has 8 heteroatoms. The molecule has 1 fully saturated rings. The summed E-state index contributed by atoms with van der Waals surface area (Å²) in [6.07, 6.45) is 0. The Balaban J connectivity index is 1.35. The minimum Gasteiger partial charge on any atom is -0.338 e. The molecule has 0 saturated carbocycles. The largest absolute Gasteiger partial charge is 0.338 e. The van der Waals surface area contributed by atoms with Crippen LogP contribution in [0.5, 0.6) is 0 Å². The Bertz CT molecular complexity index is 986. The van der Waals surface area contributed by atoms with Gasteiger partial charge in [0, 0.05) is 36.2 Å². The van der Waals surface area contributed by atoms with Gasteiger partial charge in [-0.3, -0.25) is 9.69 Å². The molecule has 1 aliphatic heterocycles. The summed E-state index contributed by atoms with van der Waals surface area (Å²) >= 11 is 9.60. The van der Waals surface area contributed by atoms with Gasteiger partial charge in [0.2, 0.25) is 11.7 Å². The molecular formula is C20H18BrClN4O2. The Labute approximate surface area is 176 Å². The number of rotatable bonds is 4. The van der Waals surface area contributed by atoms with Crippen molar-refractivity contribution in [1.29, 1.82) is 0 Å². The van der Waals surface area contributed by atoms with Gasteiger partial charge in [0.1, 0.15) is 0 Å². The van der Waals surface area contributed by atoms with Crippen LogP contribution in [0.25, 0.3) is 11.4 Å². The molecule has 1 aliphatic rings. The third-order valence-corrected chi connectivity index (χ3v) is 5.50. The van der Waals surface area contributed by atoms with Crippen LogP contribution in [-0.2, 0) is 6.54 Å². The molecule has 0 N–H and O–H groups in total. The first-order chi connectivity index (χ1) is 13.6. The van der Waals surface area contributed by atoms with Crippen LogP contribution in [0.3, 0.4) is 0 Å². The van der Waals surface area contributed by atoms with Crippen LogP contribution in [0, 0.1) is 0 Å². The molecule has 144 valence electrons. The number of amides is 1. The zero-order valence-electron chi connectivity index (χ0n) is 15.0. The molecule has 6 nitrogen and oxygen atoms in total. The van der Waals surface area contributed by atoms with Gasteiger partial charge in [-0.1, -0.05) is 57.0 Å². The summed E-state index contributed by atoms with van der Waals surface area (Å²) in [5.74, 6) is 1.12. The van der Waals surface area contributed by atoms with Gasteiger partial charge in [0.05, 0.1) is 17.1 Å². The maximum Gasteiger partial charge on any atom is 0.255 e. The van der Waals surface area contributed by atoms with Gasteiger partial charge in [-0.2, -0.15) is 4.98 Å². The normalized spacial score (nSPS) is 15.0. The van der Waals surface area contributed by atoms with E-state index < -0.39 is 0 Å². The molecule has 0 aliphatic carbocycles. The highest BCUT2D eigenvalue weighted by Crippen LogP contribution is 2.21. The van der Waals surface area contributed by atoms with Crippen molar-refractivity contribution < 1.29 is 9.32 Å². The van der Waals surface area contributed by atoms with E-state index in [2.05, 4.69) is 31.0 Å². The fourth-order valence-electron chi connectivity index (χ4n) is 3.17. The van der Waals surface area contributed by atoms with Crippen molar-refractivity contribution in [2.75, 3.05) is 26.2 Å². The second-order valence-electron chi connectivity index (χ2n) is 6.57. The molecule has 1 saturated heterocycles.